The zero-order chi connectivity index (χ0) is 27.3. The number of aliphatic hydroxyl groups is 1. The van der Waals surface area contributed by atoms with Crippen LogP contribution in [0.25, 0.3) is 34.2 Å². The number of aromatic amines is 1. The third kappa shape index (κ3) is 4.59. The quantitative estimate of drug-likeness (QED) is 0.407. The summed E-state index contributed by atoms with van der Waals surface area (Å²) in [6, 6.07) is 3.39. The first-order chi connectivity index (χ1) is 18.8. The van der Waals surface area contributed by atoms with Gasteiger partial charge in [-0.05, 0) is 58.4 Å². The van der Waals surface area contributed by atoms with Crippen LogP contribution in [0.3, 0.4) is 0 Å². The molecule has 2 aliphatic rings. The first kappa shape index (κ1) is 25.6. The molecule has 2 atom stereocenters. The van der Waals surface area contributed by atoms with E-state index in [1.165, 1.54) is 6.07 Å². The van der Waals surface area contributed by atoms with E-state index in [-0.39, 0.29) is 30.7 Å². The van der Waals surface area contributed by atoms with Crippen LogP contribution < -0.4 is 9.47 Å². The van der Waals surface area contributed by atoms with Gasteiger partial charge in [-0.1, -0.05) is 0 Å². The first-order valence-corrected chi connectivity index (χ1v) is 13.5. The number of rotatable bonds is 4. The predicted molar refractivity (Wildman–Crippen MR) is 146 cm³/mol. The second kappa shape index (κ2) is 10.1. The summed E-state index contributed by atoms with van der Waals surface area (Å²) in [7, 11) is 1.81. The molecular weight excluding hydrogens is 501 g/mol. The Labute approximate surface area is 226 Å². The van der Waals surface area contributed by atoms with Gasteiger partial charge >= 0.3 is 0 Å². The second-order valence-electron chi connectivity index (χ2n) is 10.6. The molecule has 1 aromatic carbocycles. The lowest BCUT2D eigenvalue weighted by Crippen LogP contribution is -2.41. The summed E-state index contributed by atoms with van der Waals surface area (Å²) in [6.45, 7) is 7.83. The number of hydrogen-bond donors (Lipinski definition) is 2. The molecule has 2 N–H and O–H groups in total. The van der Waals surface area contributed by atoms with E-state index in [4.69, 9.17) is 14.6 Å². The standard InChI is InChI=1S/C28H34FN7O3/c1-16(2)38-27-18-7-8-23-20-12-19(22(29)13-24(20)32-31-23)21-14-30-34(4)28(21)39-17(3)25-6-5-9-35(25)15-26(18)36(33-27)10-11-37/h7-8,12-14,16-17,25,37H,5-6,9-11,15H2,1-4H3,(H,31,32)/b8-7+/t17-,25+/m0/s1. The highest BCUT2D eigenvalue weighted by Gasteiger charge is 2.34. The van der Waals surface area contributed by atoms with E-state index < -0.39 is 0 Å². The van der Waals surface area contributed by atoms with Crippen LogP contribution in [-0.4, -0.2) is 71.2 Å². The van der Waals surface area contributed by atoms with E-state index in [2.05, 4.69) is 27.1 Å². The molecule has 206 valence electrons. The SMILES string of the molecule is CC(C)Oc1nn(CCO)c2c1/C=C/c1n[nH]c3cc(F)c(cc13)-c1cnn(C)c1O[C@@H](C)[C@H]1CCCN1C2. The van der Waals surface area contributed by atoms with Crippen LogP contribution in [-0.2, 0) is 20.1 Å². The van der Waals surface area contributed by atoms with Crippen LogP contribution in [0.15, 0.2) is 18.3 Å². The smallest absolute Gasteiger partial charge is 0.240 e. The Bertz CT molecular complexity index is 1540. The molecule has 0 radical (unpaired) electrons. The van der Waals surface area contributed by atoms with Crippen molar-refractivity contribution >= 4 is 23.1 Å². The Morgan fingerprint density at radius 3 is 2.90 bits per heavy atom. The largest absolute Gasteiger partial charge is 0.473 e. The zero-order valence-electron chi connectivity index (χ0n) is 22.7. The summed E-state index contributed by atoms with van der Waals surface area (Å²) < 4.78 is 31.6. The van der Waals surface area contributed by atoms with Gasteiger partial charge in [0.05, 0.1) is 53.5 Å². The lowest BCUT2D eigenvalue weighted by atomic mass is 10.0. The number of aromatic nitrogens is 6. The van der Waals surface area contributed by atoms with E-state index in [0.717, 1.165) is 36.0 Å². The molecule has 39 heavy (non-hydrogen) atoms. The molecule has 5 heterocycles. The minimum atomic E-state index is -0.376. The Hall–Kier alpha value is -3.70. The normalized spacial score (nSPS) is 20.4. The molecule has 11 heteroatoms. The predicted octanol–water partition coefficient (Wildman–Crippen LogP) is 3.99. The number of benzene rings is 1. The van der Waals surface area contributed by atoms with Crippen LogP contribution >= 0.6 is 0 Å². The number of nitrogens with one attached hydrogen (secondary N) is 1. The molecule has 0 aliphatic carbocycles. The van der Waals surface area contributed by atoms with Gasteiger partial charge in [0.25, 0.3) is 0 Å². The molecule has 0 amide bonds. The van der Waals surface area contributed by atoms with Crippen molar-refractivity contribution in [1.82, 2.24) is 34.7 Å². The van der Waals surface area contributed by atoms with Crippen molar-refractivity contribution < 1.29 is 19.0 Å². The summed E-state index contributed by atoms with van der Waals surface area (Å²) in [6.07, 6.45) is 7.28. The Morgan fingerprint density at radius 2 is 2.10 bits per heavy atom. The lowest BCUT2D eigenvalue weighted by molar-refractivity contribution is 0.0920. The summed E-state index contributed by atoms with van der Waals surface area (Å²) in [5.74, 6) is 0.667. The van der Waals surface area contributed by atoms with Crippen LogP contribution in [0, 0.1) is 5.82 Å². The summed E-state index contributed by atoms with van der Waals surface area (Å²) in [5, 5.41) is 27.2. The molecular formula is C28H34FN7O3. The number of aliphatic hydroxyl groups excluding tert-OH is 1. The van der Waals surface area contributed by atoms with Gasteiger partial charge in [0.15, 0.2) is 0 Å². The van der Waals surface area contributed by atoms with Crippen molar-refractivity contribution in [3.8, 4) is 22.9 Å². The molecule has 2 aliphatic heterocycles. The fourth-order valence-corrected chi connectivity index (χ4v) is 5.74. The van der Waals surface area contributed by atoms with Gasteiger partial charge in [0, 0.05) is 36.7 Å². The van der Waals surface area contributed by atoms with Gasteiger partial charge in [-0.2, -0.15) is 10.2 Å². The van der Waals surface area contributed by atoms with Crippen LogP contribution in [0.2, 0.25) is 0 Å². The zero-order valence-corrected chi connectivity index (χ0v) is 22.7. The number of fused-ring (bicyclic) bond motifs is 5. The third-order valence-electron chi connectivity index (χ3n) is 7.59. The number of H-pyrrole nitrogens is 1. The Balaban J connectivity index is 1.57. The lowest BCUT2D eigenvalue weighted by Gasteiger charge is -2.30. The van der Waals surface area contributed by atoms with Gasteiger partial charge in [-0.25, -0.2) is 9.07 Å². The molecule has 0 saturated carbocycles. The van der Waals surface area contributed by atoms with Crippen molar-refractivity contribution in [1.29, 1.82) is 0 Å². The third-order valence-corrected chi connectivity index (χ3v) is 7.59. The number of nitrogens with zero attached hydrogens (tertiary/aromatic N) is 6. The van der Waals surface area contributed by atoms with Gasteiger partial charge in [0.2, 0.25) is 11.8 Å². The first-order valence-electron chi connectivity index (χ1n) is 13.5. The molecule has 1 fully saturated rings. The van der Waals surface area contributed by atoms with Crippen LogP contribution in [0.4, 0.5) is 4.39 Å². The fourth-order valence-electron chi connectivity index (χ4n) is 5.74. The van der Waals surface area contributed by atoms with Crippen LogP contribution in [0.1, 0.15) is 50.6 Å². The second-order valence-corrected chi connectivity index (χ2v) is 10.6. The number of ether oxygens (including phenoxy) is 2. The topological polar surface area (TPSA) is 106 Å². The molecule has 0 spiro atoms. The maximum Gasteiger partial charge on any atom is 0.240 e. The highest BCUT2D eigenvalue weighted by molar-refractivity contribution is 5.93. The van der Waals surface area contributed by atoms with Gasteiger partial charge in [0.1, 0.15) is 11.9 Å². The minimum Gasteiger partial charge on any atom is -0.473 e. The monoisotopic (exact) mass is 535 g/mol. The maximum absolute atomic E-state index is 15.4. The van der Waals surface area contributed by atoms with Crippen molar-refractivity contribution in [3.63, 3.8) is 0 Å². The van der Waals surface area contributed by atoms with Gasteiger partial charge < -0.3 is 14.6 Å². The molecule has 0 unspecified atom stereocenters. The minimum absolute atomic E-state index is 0.0382. The van der Waals surface area contributed by atoms with Crippen molar-refractivity contribution in [2.75, 3.05) is 13.2 Å². The van der Waals surface area contributed by atoms with E-state index in [9.17, 15) is 5.11 Å². The van der Waals surface area contributed by atoms with Crippen molar-refractivity contribution in [3.05, 3.63) is 41.1 Å². The van der Waals surface area contributed by atoms with E-state index in [1.807, 2.05) is 37.7 Å². The highest BCUT2D eigenvalue weighted by Crippen LogP contribution is 2.37. The van der Waals surface area contributed by atoms with Crippen molar-refractivity contribution in [2.45, 2.75) is 65.0 Å². The highest BCUT2D eigenvalue weighted by atomic mass is 19.1. The molecule has 4 aromatic rings. The Morgan fingerprint density at radius 1 is 1.26 bits per heavy atom. The number of hydrogen-bond acceptors (Lipinski definition) is 7. The summed E-state index contributed by atoms with van der Waals surface area (Å²) in [4.78, 5) is 2.40. The van der Waals surface area contributed by atoms with Gasteiger partial charge in [-0.3, -0.25) is 14.7 Å². The van der Waals surface area contributed by atoms with E-state index in [0.29, 0.717) is 47.2 Å². The van der Waals surface area contributed by atoms with Gasteiger partial charge in [-0.15, -0.1) is 5.10 Å². The van der Waals surface area contributed by atoms with E-state index in [1.54, 1.807) is 16.9 Å². The number of aryl methyl sites for hydroxylation is 1. The average molecular weight is 536 g/mol. The van der Waals surface area contributed by atoms with Crippen molar-refractivity contribution in [2.24, 2.45) is 7.05 Å². The summed E-state index contributed by atoms with van der Waals surface area (Å²) in [5.41, 5.74) is 4.07. The molecule has 2 bridgehead atoms. The molecule has 1 saturated heterocycles. The Kier molecular flexibility index (Phi) is 6.64. The number of halogens is 1. The van der Waals surface area contributed by atoms with Crippen LogP contribution in [0.5, 0.6) is 11.8 Å². The van der Waals surface area contributed by atoms with E-state index >= 15 is 4.39 Å². The molecule has 3 aromatic heterocycles. The molecule has 10 nitrogen and oxygen atoms in total. The fraction of sp³-hybridized carbons (Fsp3) is 0.464. The average Bonchev–Trinajstić information content (AvgIpc) is 3.66. The maximum atomic E-state index is 15.4. The summed E-state index contributed by atoms with van der Waals surface area (Å²) >= 11 is 0. The molecule has 6 rings (SSSR count).